The van der Waals surface area contributed by atoms with Crippen LogP contribution in [0, 0.1) is 5.92 Å². The number of ether oxygens (including phenoxy) is 2. The van der Waals surface area contributed by atoms with Crippen molar-refractivity contribution >= 4 is 23.3 Å². The van der Waals surface area contributed by atoms with E-state index in [9.17, 15) is 9.59 Å². The first-order valence-corrected chi connectivity index (χ1v) is 6.83. The highest BCUT2D eigenvalue weighted by atomic mass is 32.1. The van der Waals surface area contributed by atoms with E-state index in [1.165, 1.54) is 18.4 Å². The maximum absolute atomic E-state index is 11.7. The molecule has 1 unspecified atom stereocenters. The van der Waals surface area contributed by atoms with E-state index in [1.54, 1.807) is 6.07 Å². The van der Waals surface area contributed by atoms with Crippen molar-refractivity contribution in [2.24, 2.45) is 5.92 Å². The maximum Gasteiger partial charge on any atom is 0.314 e. The van der Waals surface area contributed by atoms with Gasteiger partial charge in [-0.3, -0.25) is 9.59 Å². The van der Waals surface area contributed by atoms with Crippen LogP contribution in [0.1, 0.15) is 32.6 Å². The average molecular weight is 270 g/mol. The van der Waals surface area contributed by atoms with Crippen LogP contribution in [0.2, 0.25) is 0 Å². The van der Waals surface area contributed by atoms with E-state index in [2.05, 4.69) is 4.74 Å². The summed E-state index contributed by atoms with van der Waals surface area (Å²) < 4.78 is 9.75. The molecule has 0 amide bonds. The highest BCUT2D eigenvalue weighted by molar-refractivity contribution is 7.11. The minimum absolute atomic E-state index is 0.148. The Balaban J connectivity index is 2.18. The molecule has 0 spiro atoms. The smallest absolute Gasteiger partial charge is 0.314 e. The van der Waals surface area contributed by atoms with E-state index in [0.717, 1.165) is 19.3 Å². The molecule has 1 aromatic rings. The number of esters is 2. The Hall–Kier alpha value is -1.36. The van der Waals surface area contributed by atoms with Crippen LogP contribution in [0.3, 0.4) is 0 Å². The molecule has 0 radical (unpaired) electrons. The molecule has 0 aliphatic carbocycles. The lowest BCUT2D eigenvalue weighted by Crippen LogP contribution is -2.17. The molecule has 1 atom stereocenters. The molecule has 4 nitrogen and oxygen atoms in total. The third-order valence-corrected chi connectivity index (χ3v) is 3.34. The van der Waals surface area contributed by atoms with Crippen molar-refractivity contribution in [3.63, 3.8) is 0 Å². The highest BCUT2D eigenvalue weighted by Crippen LogP contribution is 2.20. The van der Waals surface area contributed by atoms with Gasteiger partial charge < -0.3 is 9.47 Å². The van der Waals surface area contributed by atoms with Crippen LogP contribution < -0.4 is 4.74 Å². The topological polar surface area (TPSA) is 52.6 Å². The molecule has 1 aromatic heterocycles. The number of hydrogen-bond donors (Lipinski definition) is 0. The Morgan fingerprint density at radius 2 is 2.17 bits per heavy atom. The molecule has 0 fully saturated rings. The lowest BCUT2D eigenvalue weighted by Gasteiger charge is -2.09. The standard InChI is InChI=1S/C13H18O4S/c1-10(6-3-4-7-11(14)16-2)13(15)17-12-8-5-9-18-12/h5,8-10H,3-4,6-7H2,1-2H3. The second-order valence-corrected chi connectivity index (χ2v) is 4.99. The number of methoxy groups -OCH3 is 1. The summed E-state index contributed by atoms with van der Waals surface area (Å²) in [6.07, 6.45) is 2.68. The summed E-state index contributed by atoms with van der Waals surface area (Å²) in [7, 11) is 1.38. The molecule has 0 saturated heterocycles. The van der Waals surface area contributed by atoms with Crippen molar-refractivity contribution in [1.82, 2.24) is 0 Å². The number of carbonyl (C=O) groups is 2. The molecule has 100 valence electrons. The van der Waals surface area contributed by atoms with E-state index in [4.69, 9.17) is 4.74 Å². The van der Waals surface area contributed by atoms with Gasteiger partial charge >= 0.3 is 11.9 Å². The van der Waals surface area contributed by atoms with Gasteiger partial charge in [-0.25, -0.2) is 0 Å². The largest absolute Gasteiger partial charge is 0.469 e. The third kappa shape index (κ3) is 5.31. The average Bonchev–Trinajstić information content (AvgIpc) is 2.86. The van der Waals surface area contributed by atoms with Gasteiger partial charge in [-0.05, 0) is 30.4 Å². The van der Waals surface area contributed by atoms with Crippen molar-refractivity contribution in [3.05, 3.63) is 17.5 Å². The molecule has 1 heterocycles. The minimum atomic E-state index is -0.212. The first-order chi connectivity index (χ1) is 8.63. The molecular formula is C13H18O4S. The predicted molar refractivity (Wildman–Crippen MR) is 69.6 cm³/mol. The molecule has 0 aromatic carbocycles. The van der Waals surface area contributed by atoms with Crippen LogP contribution in [0.5, 0.6) is 5.06 Å². The zero-order chi connectivity index (χ0) is 13.4. The van der Waals surface area contributed by atoms with Gasteiger partial charge in [0.1, 0.15) is 0 Å². The van der Waals surface area contributed by atoms with E-state index >= 15 is 0 Å². The highest BCUT2D eigenvalue weighted by Gasteiger charge is 2.15. The number of rotatable bonds is 7. The lowest BCUT2D eigenvalue weighted by atomic mass is 10.0. The van der Waals surface area contributed by atoms with Gasteiger partial charge in [0, 0.05) is 6.42 Å². The summed E-state index contributed by atoms with van der Waals surface area (Å²) in [6, 6.07) is 3.61. The summed E-state index contributed by atoms with van der Waals surface area (Å²) in [4.78, 5) is 22.6. The van der Waals surface area contributed by atoms with Crippen molar-refractivity contribution in [2.75, 3.05) is 7.11 Å². The van der Waals surface area contributed by atoms with E-state index in [0.29, 0.717) is 11.5 Å². The quantitative estimate of drug-likeness (QED) is 0.564. The molecule has 18 heavy (non-hydrogen) atoms. The molecule has 5 heteroatoms. The normalized spacial score (nSPS) is 11.9. The second-order valence-electron chi connectivity index (χ2n) is 4.08. The summed E-state index contributed by atoms with van der Waals surface area (Å²) in [5.41, 5.74) is 0. The van der Waals surface area contributed by atoms with Gasteiger partial charge in [-0.1, -0.05) is 13.3 Å². The van der Waals surface area contributed by atoms with E-state index in [-0.39, 0.29) is 17.9 Å². The van der Waals surface area contributed by atoms with Gasteiger partial charge in [0.25, 0.3) is 0 Å². The fraction of sp³-hybridized carbons (Fsp3) is 0.538. The van der Waals surface area contributed by atoms with Gasteiger partial charge in [0.15, 0.2) is 5.06 Å². The van der Waals surface area contributed by atoms with Crippen LogP contribution in [-0.4, -0.2) is 19.0 Å². The molecule has 0 bridgehead atoms. The maximum atomic E-state index is 11.7. The van der Waals surface area contributed by atoms with Gasteiger partial charge in [-0.2, -0.15) is 0 Å². The summed E-state index contributed by atoms with van der Waals surface area (Å²) in [5.74, 6) is -0.566. The molecule has 0 aliphatic heterocycles. The Bertz CT molecular complexity index is 372. The third-order valence-electron chi connectivity index (χ3n) is 2.59. The Morgan fingerprint density at radius 3 is 2.78 bits per heavy atom. The second kappa shape index (κ2) is 7.87. The number of carbonyl (C=O) groups excluding carboxylic acids is 2. The monoisotopic (exact) mass is 270 g/mol. The van der Waals surface area contributed by atoms with Crippen molar-refractivity contribution in [3.8, 4) is 5.06 Å². The summed E-state index contributed by atoms with van der Waals surface area (Å²) >= 11 is 1.40. The SMILES string of the molecule is COC(=O)CCCCC(C)C(=O)Oc1cccs1. The van der Waals surface area contributed by atoms with Crippen LogP contribution in [0.4, 0.5) is 0 Å². The first kappa shape index (κ1) is 14.7. The fourth-order valence-electron chi connectivity index (χ4n) is 1.46. The van der Waals surface area contributed by atoms with Gasteiger partial charge in [-0.15, -0.1) is 11.3 Å². The van der Waals surface area contributed by atoms with Crippen LogP contribution in [-0.2, 0) is 14.3 Å². The summed E-state index contributed by atoms with van der Waals surface area (Å²) in [5, 5.41) is 2.49. The van der Waals surface area contributed by atoms with E-state index in [1.807, 2.05) is 18.4 Å². The van der Waals surface area contributed by atoms with Crippen molar-refractivity contribution < 1.29 is 19.1 Å². The molecule has 0 N–H and O–H groups in total. The Kier molecular flexibility index (Phi) is 6.43. The van der Waals surface area contributed by atoms with Crippen molar-refractivity contribution in [1.29, 1.82) is 0 Å². The fourth-order valence-corrected chi connectivity index (χ4v) is 2.04. The molecular weight excluding hydrogens is 252 g/mol. The zero-order valence-corrected chi connectivity index (χ0v) is 11.5. The molecule has 0 aliphatic rings. The lowest BCUT2D eigenvalue weighted by molar-refractivity contribution is -0.140. The number of unbranched alkanes of at least 4 members (excludes halogenated alkanes) is 1. The Labute approximate surface area is 111 Å². The van der Waals surface area contributed by atoms with E-state index < -0.39 is 0 Å². The number of thiophene rings is 1. The molecule has 1 rings (SSSR count). The van der Waals surface area contributed by atoms with Crippen molar-refractivity contribution in [2.45, 2.75) is 32.6 Å². The van der Waals surface area contributed by atoms with Gasteiger partial charge in [0.2, 0.25) is 0 Å². The van der Waals surface area contributed by atoms with Crippen LogP contribution in [0.25, 0.3) is 0 Å². The minimum Gasteiger partial charge on any atom is -0.469 e. The van der Waals surface area contributed by atoms with Crippen LogP contribution >= 0.6 is 11.3 Å². The van der Waals surface area contributed by atoms with Gasteiger partial charge in [0.05, 0.1) is 13.0 Å². The molecule has 0 saturated carbocycles. The number of hydrogen-bond acceptors (Lipinski definition) is 5. The predicted octanol–water partition coefficient (Wildman–Crippen LogP) is 3.02. The Morgan fingerprint density at radius 1 is 1.39 bits per heavy atom. The zero-order valence-electron chi connectivity index (χ0n) is 10.7. The first-order valence-electron chi connectivity index (χ1n) is 5.95. The summed E-state index contributed by atoms with van der Waals surface area (Å²) in [6.45, 7) is 1.84. The van der Waals surface area contributed by atoms with Crippen LogP contribution in [0.15, 0.2) is 17.5 Å².